The van der Waals surface area contributed by atoms with Gasteiger partial charge in [0, 0.05) is 5.02 Å². The monoisotopic (exact) mass is 352 g/mol. The topological polar surface area (TPSA) is 59.1 Å². The van der Waals surface area contributed by atoms with E-state index in [1.807, 2.05) is 25.1 Å². The predicted molar refractivity (Wildman–Crippen MR) is 92.1 cm³/mol. The van der Waals surface area contributed by atoms with Crippen LogP contribution >= 0.6 is 22.9 Å². The lowest BCUT2D eigenvalue weighted by molar-refractivity contribution is 0.600. The summed E-state index contributed by atoms with van der Waals surface area (Å²) in [7, 11) is -3.55. The highest BCUT2D eigenvalue weighted by Gasteiger charge is 2.16. The lowest BCUT2D eigenvalue weighted by Crippen LogP contribution is -2.15. The molecule has 4 nitrogen and oxygen atoms in total. The van der Waals surface area contributed by atoms with Crippen molar-refractivity contribution in [2.75, 3.05) is 4.72 Å². The van der Waals surface area contributed by atoms with Gasteiger partial charge in [0.2, 0.25) is 10.0 Å². The Kier molecular flexibility index (Phi) is 4.08. The summed E-state index contributed by atoms with van der Waals surface area (Å²) in [5.41, 5.74) is 2.46. The summed E-state index contributed by atoms with van der Waals surface area (Å²) in [6.07, 6.45) is 0. The Balaban J connectivity index is 1.85. The van der Waals surface area contributed by atoms with Crippen LogP contribution in [-0.4, -0.2) is 13.4 Å². The van der Waals surface area contributed by atoms with Gasteiger partial charge in [0.05, 0.1) is 16.0 Å². The molecule has 0 aliphatic heterocycles. The molecule has 114 valence electrons. The molecule has 0 radical (unpaired) electrons. The summed E-state index contributed by atoms with van der Waals surface area (Å²) >= 11 is 7.33. The van der Waals surface area contributed by atoms with Crippen molar-refractivity contribution in [3.63, 3.8) is 0 Å². The van der Waals surface area contributed by atoms with E-state index < -0.39 is 10.0 Å². The summed E-state index contributed by atoms with van der Waals surface area (Å²) in [6.45, 7) is 1.99. The summed E-state index contributed by atoms with van der Waals surface area (Å²) < 4.78 is 28.0. The third kappa shape index (κ3) is 3.40. The largest absolute Gasteiger partial charge is 0.258 e. The van der Waals surface area contributed by atoms with E-state index in [9.17, 15) is 8.42 Å². The first-order valence-corrected chi connectivity index (χ1v) is 9.39. The van der Waals surface area contributed by atoms with Gasteiger partial charge in [0.1, 0.15) is 0 Å². The lowest BCUT2D eigenvalue weighted by Gasteiger charge is -2.06. The van der Waals surface area contributed by atoms with Crippen LogP contribution < -0.4 is 4.72 Å². The molecule has 0 saturated carbocycles. The average molecular weight is 353 g/mol. The number of thiazole rings is 1. The number of nitrogens with zero attached hydrogens (tertiary/aromatic N) is 1. The minimum atomic E-state index is -3.55. The summed E-state index contributed by atoms with van der Waals surface area (Å²) in [5, 5.41) is 0.806. The van der Waals surface area contributed by atoms with Crippen molar-refractivity contribution in [1.29, 1.82) is 0 Å². The van der Waals surface area contributed by atoms with Gasteiger partial charge in [-0.1, -0.05) is 47.2 Å². The van der Waals surface area contributed by atoms with E-state index in [1.54, 1.807) is 24.3 Å². The number of sulfonamides is 1. The molecule has 0 fully saturated rings. The number of fused-ring (bicyclic) bond motifs is 1. The summed E-state index contributed by atoms with van der Waals surface area (Å²) in [5.74, 6) is -0.179. The van der Waals surface area contributed by atoms with E-state index in [0.717, 1.165) is 15.8 Å². The van der Waals surface area contributed by atoms with Gasteiger partial charge in [0.25, 0.3) is 0 Å². The number of hydrogen-bond acceptors (Lipinski definition) is 4. The zero-order chi connectivity index (χ0) is 15.7. The summed E-state index contributed by atoms with van der Waals surface area (Å²) in [4.78, 5) is 4.30. The van der Waals surface area contributed by atoms with E-state index in [0.29, 0.717) is 15.7 Å². The Morgan fingerprint density at radius 3 is 2.77 bits per heavy atom. The van der Waals surface area contributed by atoms with E-state index in [-0.39, 0.29) is 5.75 Å². The fraction of sp³-hybridized carbons (Fsp3) is 0.133. The number of anilines is 1. The molecular weight excluding hydrogens is 340 g/mol. The molecule has 0 amide bonds. The SMILES string of the molecule is Cc1ccc2nc(NS(=O)(=O)Cc3ccccc3Cl)sc2c1. The zero-order valence-corrected chi connectivity index (χ0v) is 14.1. The van der Waals surface area contributed by atoms with Crippen LogP contribution in [0.15, 0.2) is 42.5 Å². The molecule has 3 rings (SSSR count). The van der Waals surface area contributed by atoms with Crippen molar-refractivity contribution in [2.45, 2.75) is 12.7 Å². The molecule has 0 spiro atoms. The second kappa shape index (κ2) is 5.87. The van der Waals surface area contributed by atoms with E-state index in [2.05, 4.69) is 9.71 Å². The fourth-order valence-corrected chi connectivity index (χ4v) is 4.75. The Labute approximate surface area is 137 Å². The molecule has 0 aliphatic rings. The molecule has 0 saturated heterocycles. The average Bonchev–Trinajstić information content (AvgIpc) is 2.81. The van der Waals surface area contributed by atoms with Crippen LogP contribution in [0, 0.1) is 6.92 Å². The lowest BCUT2D eigenvalue weighted by atomic mass is 10.2. The highest BCUT2D eigenvalue weighted by molar-refractivity contribution is 7.92. The molecule has 0 aliphatic carbocycles. The smallest absolute Gasteiger partial charge is 0.238 e. The first-order chi connectivity index (χ1) is 10.4. The Bertz CT molecular complexity index is 936. The van der Waals surface area contributed by atoms with Gasteiger partial charge in [-0.25, -0.2) is 13.4 Å². The molecule has 1 N–H and O–H groups in total. The van der Waals surface area contributed by atoms with Gasteiger partial charge in [0.15, 0.2) is 5.13 Å². The summed E-state index contributed by atoms with van der Waals surface area (Å²) in [6, 6.07) is 12.7. The van der Waals surface area contributed by atoms with Crippen molar-refractivity contribution in [3.05, 3.63) is 58.6 Å². The van der Waals surface area contributed by atoms with Crippen molar-refractivity contribution >= 4 is 48.3 Å². The number of aryl methyl sites for hydroxylation is 1. The standard InChI is InChI=1S/C15H13ClN2O2S2/c1-10-6-7-13-14(8-10)21-15(17-13)18-22(19,20)9-11-4-2-3-5-12(11)16/h2-8H,9H2,1H3,(H,17,18). The molecule has 0 unspecified atom stereocenters. The number of rotatable bonds is 4. The molecular formula is C15H13ClN2O2S2. The molecule has 0 bridgehead atoms. The van der Waals surface area contributed by atoms with Gasteiger partial charge in [-0.2, -0.15) is 0 Å². The molecule has 1 aromatic heterocycles. The van der Waals surface area contributed by atoms with Crippen molar-refractivity contribution in [3.8, 4) is 0 Å². The van der Waals surface area contributed by atoms with Gasteiger partial charge < -0.3 is 0 Å². The maximum absolute atomic E-state index is 12.3. The number of halogens is 1. The van der Waals surface area contributed by atoms with Crippen LogP contribution in [0.25, 0.3) is 10.2 Å². The van der Waals surface area contributed by atoms with Crippen LogP contribution in [0.2, 0.25) is 5.02 Å². The third-order valence-corrected chi connectivity index (χ3v) is 5.72. The molecule has 0 atom stereocenters. The number of benzene rings is 2. The Morgan fingerprint density at radius 1 is 1.23 bits per heavy atom. The number of aromatic nitrogens is 1. The molecule has 1 heterocycles. The van der Waals surface area contributed by atoms with Crippen LogP contribution in [0.4, 0.5) is 5.13 Å². The third-order valence-electron chi connectivity index (χ3n) is 3.09. The minimum Gasteiger partial charge on any atom is -0.258 e. The number of hydrogen-bond donors (Lipinski definition) is 1. The van der Waals surface area contributed by atoms with E-state index in [1.165, 1.54) is 11.3 Å². The Morgan fingerprint density at radius 2 is 2.00 bits per heavy atom. The van der Waals surface area contributed by atoms with E-state index >= 15 is 0 Å². The van der Waals surface area contributed by atoms with Crippen LogP contribution in [-0.2, 0) is 15.8 Å². The molecule has 7 heteroatoms. The van der Waals surface area contributed by atoms with Gasteiger partial charge >= 0.3 is 0 Å². The van der Waals surface area contributed by atoms with Crippen molar-refractivity contribution in [2.24, 2.45) is 0 Å². The molecule has 2 aromatic carbocycles. The maximum atomic E-state index is 12.3. The maximum Gasteiger partial charge on any atom is 0.238 e. The predicted octanol–water partition coefficient (Wildman–Crippen LogP) is 4.20. The van der Waals surface area contributed by atoms with Crippen LogP contribution in [0.1, 0.15) is 11.1 Å². The van der Waals surface area contributed by atoms with Gasteiger partial charge in [-0.3, -0.25) is 4.72 Å². The van der Waals surface area contributed by atoms with Crippen LogP contribution in [0.3, 0.4) is 0 Å². The second-order valence-electron chi connectivity index (χ2n) is 4.94. The number of nitrogens with one attached hydrogen (secondary N) is 1. The van der Waals surface area contributed by atoms with Crippen LogP contribution in [0.5, 0.6) is 0 Å². The zero-order valence-electron chi connectivity index (χ0n) is 11.7. The van der Waals surface area contributed by atoms with Gasteiger partial charge in [-0.15, -0.1) is 0 Å². The molecule has 3 aromatic rings. The quantitative estimate of drug-likeness (QED) is 0.765. The Hall–Kier alpha value is -1.63. The first kappa shape index (κ1) is 15.3. The second-order valence-corrected chi connectivity index (χ2v) is 8.10. The molecule has 22 heavy (non-hydrogen) atoms. The van der Waals surface area contributed by atoms with Crippen molar-refractivity contribution in [1.82, 2.24) is 4.98 Å². The van der Waals surface area contributed by atoms with E-state index in [4.69, 9.17) is 11.6 Å². The van der Waals surface area contributed by atoms with Gasteiger partial charge in [-0.05, 0) is 36.2 Å². The normalized spacial score (nSPS) is 11.7. The highest BCUT2D eigenvalue weighted by atomic mass is 35.5. The fourth-order valence-electron chi connectivity index (χ4n) is 2.06. The first-order valence-electron chi connectivity index (χ1n) is 6.54. The highest BCUT2D eigenvalue weighted by Crippen LogP contribution is 2.28. The van der Waals surface area contributed by atoms with Crippen molar-refractivity contribution < 1.29 is 8.42 Å². The minimum absolute atomic E-state index is 0.179.